The van der Waals surface area contributed by atoms with E-state index in [-0.39, 0.29) is 23.6 Å². The van der Waals surface area contributed by atoms with Crippen LogP contribution in [0.25, 0.3) is 0 Å². The second-order valence-electron chi connectivity index (χ2n) is 6.09. The average molecular weight is 295 g/mol. The third-order valence-electron chi connectivity index (χ3n) is 3.00. The molecule has 7 nitrogen and oxygen atoms in total. The summed E-state index contributed by atoms with van der Waals surface area (Å²) in [5.74, 6) is 0.612. The Labute approximate surface area is 125 Å². The third-order valence-corrected chi connectivity index (χ3v) is 3.00. The highest BCUT2D eigenvalue weighted by Crippen LogP contribution is 2.10. The zero-order valence-corrected chi connectivity index (χ0v) is 13.6. The van der Waals surface area contributed by atoms with Crippen LogP contribution >= 0.6 is 0 Å². The van der Waals surface area contributed by atoms with Gasteiger partial charge >= 0.3 is 0 Å². The first-order valence-corrected chi connectivity index (χ1v) is 7.16. The molecule has 21 heavy (non-hydrogen) atoms. The van der Waals surface area contributed by atoms with Gasteiger partial charge in [0.2, 0.25) is 11.7 Å². The molecule has 0 aromatic carbocycles. The lowest BCUT2D eigenvalue weighted by molar-refractivity contribution is -0.131. The van der Waals surface area contributed by atoms with Crippen molar-refractivity contribution >= 4 is 11.8 Å². The lowest BCUT2D eigenvalue weighted by Gasteiger charge is -2.22. The molecule has 0 radical (unpaired) electrons. The van der Waals surface area contributed by atoms with Crippen molar-refractivity contribution in [2.75, 3.05) is 14.1 Å². The molecule has 0 aliphatic carbocycles. The van der Waals surface area contributed by atoms with Crippen molar-refractivity contribution in [1.29, 1.82) is 0 Å². The lowest BCUT2D eigenvalue weighted by Crippen LogP contribution is -2.47. The number of aromatic nitrogens is 3. The maximum atomic E-state index is 12.2. The molecule has 118 valence electrons. The van der Waals surface area contributed by atoms with E-state index in [9.17, 15) is 9.59 Å². The second-order valence-corrected chi connectivity index (χ2v) is 6.09. The van der Waals surface area contributed by atoms with Crippen molar-refractivity contribution in [2.24, 2.45) is 5.92 Å². The van der Waals surface area contributed by atoms with Gasteiger partial charge in [-0.1, -0.05) is 27.7 Å². The van der Waals surface area contributed by atoms with Gasteiger partial charge in [-0.25, -0.2) is 4.98 Å². The molecule has 0 saturated heterocycles. The van der Waals surface area contributed by atoms with Crippen LogP contribution in [0.4, 0.5) is 0 Å². The van der Waals surface area contributed by atoms with Gasteiger partial charge in [0.25, 0.3) is 5.91 Å². The van der Waals surface area contributed by atoms with Crippen LogP contribution in [0.2, 0.25) is 0 Å². The molecule has 2 N–H and O–H groups in total. The Morgan fingerprint density at radius 1 is 1.24 bits per heavy atom. The highest BCUT2D eigenvalue weighted by molar-refractivity contribution is 5.94. The Morgan fingerprint density at radius 2 is 1.86 bits per heavy atom. The normalized spacial score (nSPS) is 12.6. The smallest absolute Gasteiger partial charge is 0.291 e. The van der Waals surface area contributed by atoms with Crippen LogP contribution in [0.5, 0.6) is 0 Å². The van der Waals surface area contributed by atoms with E-state index in [0.29, 0.717) is 12.2 Å². The lowest BCUT2D eigenvalue weighted by atomic mass is 10.0. The Balaban J connectivity index is 2.81. The molecule has 1 aromatic heterocycles. The number of aromatic amines is 1. The van der Waals surface area contributed by atoms with E-state index in [4.69, 9.17) is 0 Å². The summed E-state index contributed by atoms with van der Waals surface area (Å²) in [5.41, 5.74) is 0. The van der Waals surface area contributed by atoms with E-state index in [2.05, 4.69) is 20.5 Å². The minimum atomic E-state index is -0.562. The number of rotatable bonds is 6. The van der Waals surface area contributed by atoms with Gasteiger partial charge in [-0.2, -0.15) is 0 Å². The molecule has 1 rings (SSSR count). The van der Waals surface area contributed by atoms with Crippen molar-refractivity contribution in [3.63, 3.8) is 0 Å². The van der Waals surface area contributed by atoms with E-state index in [1.807, 2.05) is 27.7 Å². The maximum absolute atomic E-state index is 12.2. The molecule has 2 amide bonds. The number of likely N-dealkylation sites (N-methyl/N-ethyl adjacent to an activating group) is 1. The minimum Gasteiger partial charge on any atom is -0.347 e. The van der Waals surface area contributed by atoms with Crippen LogP contribution in [0, 0.1) is 5.92 Å². The predicted molar refractivity (Wildman–Crippen MR) is 79.9 cm³/mol. The van der Waals surface area contributed by atoms with Gasteiger partial charge in [-0.05, 0) is 12.3 Å². The van der Waals surface area contributed by atoms with Gasteiger partial charge in [0.15, 0.2) is 0 Å². The first-order valence-electron chi connectivity index (χ1n) is 7.16. The summed E-state index contributed by atoms with van der Waals surface area (Å²) in [6.45, 7) is 7.93. The van der Waals surface area contributed by atoms with Crippen molar-refractivity contribution in [3.8, 4) is 0 Å². The summed E-state index contributed by atoms with van der Waals surface area (Å²) in [6.07, 6.45) is 0.574. The molecule has 0 aliphatic heterocycles. The molecule has 0 fully saturated rings. The Morgan fingerprint density at radius 3 is 2.29 bits per heavy atom. The summed E-state index contributed by atoms with van der Waals surface area (Å²) in [6, 6.07) is -0.562. The third kappa shape index (κ3) is 4.84. The average Bonchev–Trinajstić information content (AvgIpc) is 2.86. The molecular formula is C14H25N5O2. The SMILES string of the molecule is CC(C)CC(NC(=O)c1n[nH]c(C(C)C)n1)C(=O)N(C)C. The van der Waals surface area contributed by atoms with E-state index in [0.717, 1.165) is 0 Å². The van der Waals surface area contributed by atoms with Gasteiger partial charge in [0.1, 0.15) is 11.9 Å². The highest BCUT2D eigenvalue weighted by atomic mass is 16.2. The monoisotopic (exact) mass is 295 g/mol. The first-order chi connectivity index (χ1) is 9.72. The van der Waals surface area contributed by atoms with Crippen LogP contribution < -0.4 is 5.32 Å². The molecule has 7 heteroatoms. The summed E-state index contributed by atoms with van der Waals surface area (Å²) in [5, 5.41) is 9.36. The van der Waals surface area contributed by atoms with Gasteiger partial charge in [0.05, 0.1) is 0 Å². The van der Waals surface area contributed by atoms with Crippen molar-refractivity contribution < 1.29 is 9.59 Å². The van der Waals surface area contributed by atoms with E-state index in [1.165, 1.54) is 4.90 Å². The molecule has 1 aromatic rings. The van der Waals surface area contributed by atoms with Crippen molar-refractivity contribution in [1.82, 2.24) is 25.4 Å². The van der Waals surface area contributed by atoms with Crippen molar-refractivity contribution in [3.05, 3.63) is 11.6 Å². The van der Waals surface area contributed by atoms with Crippen LogP contribution in [0.3, 0.4) is 0 Å². The molecule has 0 saturated carbocycles. The number of nitrogens with one attached hydrogen (secondary N) is 2. The van der Waals surface area contributed by atoms with Crippen LogP contribution in [-0.2, 0) is 4.79 Å². The number of hydrogen-bond donors (Lipinski definition) is 2. The number of hydrogen-bond acceptors (Lipinski definition) is 4. The van der Waals surface area contributed by atoms with Crippen LogP contribution in [0.1, 0.15) is 56.5 Å². The topological polar surface area (TPSA) is 91.0 Å². The van der Waals surface area contributed by atoms with Crippen LogP contribution in [0.15, 0.2) is 0 Å². The number of H-pyrrole nitrogens is 1. The Kier molecular flexibility index (Phi) is 5.87. The molecule has 0 aliphatic rings. The van der Waals surface area contributed by atoms with Gasteiger partial charge in [0, 0.05) is 20.0 Å². The standard InChI is InChI=1S/C14H25N5O2/c1-8(2)7-10(14(21)19(5)6)15-13(20)12-16-11(9(3)4)17-18-12/h8-10H,7H2,1-6H3,(H,15,20)(H,16,17,18). The number of carbonyl (C=O) groups is 2. The molecular weight excluding hydrogens is 270 g/mol. The largest absolute Gasteiger partial charge is 0.347 e. The number of nitrogens with zero attached hydrogens (tertiary/aromatic N) is 3. The Bertz CT molecular complexity index is 493. The van der Waals surface area contributed by atoms with E-state index < -0.39 is 11.9 Å². The van der Waals surface area contributed by atoms with Gasteiger partial charge < -0.3 is 10.2 Å². The second kappa shape index (κ2) is 7.19. The van der Waals surface area contributed by atoms with Crippen molar-refractivity contribution in [2.45, 2.75) is 46.1 Å². The Hall–Kier alpha value is -1.92. The van der Waals surface area contributed by atoms with E-state index >= 15 is 0 Å². The molecule has 1 atom stereocenters. The summed E-state index contributed by atoms with van der Waals surface area (Å²) in [7, 11) is 3.34. The summed E-state index contributed by atoms with van der Waals surface area (Å²) < 4.78 is 0. The van der Waals surface area contributed by atoms with Crippen LogP contribution in [-0.4, -0.2) is 52.0 Å². The molecule has 1 unspecified atom stereocenters. The molecule has 0 bridgehead atoms. The fourth-order valence-corrected chi connectivity index (χ4v) is 1.86. The molecule has 0 spiro atoms. The van der Waals surface area contributed by atoms with E-state index in [1.54, 1.807) is 14.1 Å². The molecule has 1 heterocycles. The summed E-state index contributed by atoms with van der Waals surface area (Å²) >= 11 is 0. The van der Waals surface area contributed by atoms with Gasteiger partial charge in [-0.3, -0.25) is 14.7 Å². The zero-order valence-electron chi connectivity index (χ0n) is 13.6. The van der Waals surface area contributed by atoms with Gasteiger partial charge in [-0.15, -0.1) is 5.10 Å². The quantitative estimate of drug-likeness (QED) is 0.824. The number of carbonyl (C=O) groups excluding carboxylic acids is 2. The fraction of sp³-hybridized carbons (Fsp3) is 0.714. The maximum Gasteiger partial charge on any atom is 0.291 e. The number of amides is 2. The fourth-order valence-electron chi connectivity index (χ4n) is 1.86. The predicted octanol–water partition coefficient (Wildman–Crippen LogP) is 1.16. The minimum absolute atomic E-state index is 0.0685. The zero-order chi connectivity index (χ0) is 16.2. The summed E-state index contributed by atoms with van der Waals surface area (Å²) in [4.78, 5) is 29.9. The first kappa shape index (κ1) is 17.1. The highest BCUT2D eigenvalue weighted by Gasteiger charge is 2.25.